The highest BCUT2D eigenvalue weighted by molar-refractivity contribution is 5.71. The summed E-state index contributed by atoms with van der Waals surface area (Å²) in [5, 5.41) is 0. The fraction of sp³-hybridized carbons (Fsp3) is 0.678. The summed E-state index contributed by atoms with van der Waals surface area (Å²) < 4.78 is 16.8. The molecule has 6 nitrogen and oxygen atoms in total. The van der Waals surface area contributed by atoms with Crippen LogP contribution in [0.2, 0.25) is 0 Å². The van der Waals surface area contributed by atoms with Crippen molar-refractivity contribution < 1.29 is 28.6 Å². The minimum atomic E-state index is -0.806. The van der Waals surface area contributed by atoms with Gasteiger partial charge in [0.15, 0.2) is 6.10 Å². The molecule has 1 atom stereocenters. The Bertz CT molecular complexity index is 1310. The van der Waals surface area contributed by atoms with Crippen molar-refractivity contribution in [1.29, 1.82) is 0 Å². The normalized spacial score (nSPS) is 12.8. The number of ether oxygens (including phenoxy) is 3. The molecule has 0 aromatic rings. The van der Waals surface area contributed by atoms with E-state index in [2.05, 4.69) is 118 Å². The van der Waals surface area contributed by atoms with Gasteiger partial charge in [-0.05, 0) is 96.3 Å². The summed E-state index contributed by atoms with van der Waals surface area (Å²) in [6, 6.07) is 0. The molecule has 0 bridgehead atoms. The Hall–Kier alpha value is -3.67. The highest BCUT2D eigenvalue weighted by atomic mass is 16.6. The molecular weight excluding hydrogens is 805 g/mol. The van der Waals surface area contributed by atoms with E-state index in [9.17, 15) is 14.4 Å². The van der Waals surface area contributed by atoms with E-state index in [4.69, 9.17) is 14.2 Å². The van der Waals surface area contributed by atoms with Gasteiger partial charge in [-0.25, -0.2) is 0 Å². The van der Waals surface area contributed by atoms with Crippen LogP contribution in [0.25, 0.3) is 0 Å². The first-order valence-corrected chi connectivity index (χ1v) is 26.7. The molecule has 0 amide bonds. The molecule has 0 unspecified atom stereocenters. The molecule has 0 radical (unpaired) electrons. The molecule has 0 spiro atoms. The van der Waals surface area contributed by atoms with Crippen molar-refractivity contribution >= 4 is 17.9 Å². The van der Waals surface area contributed by atoms with Crippen molar-refractivity contribution in [3.8, 4) is 0 Å². The molecule has 0 N–H and O–H groups in total. The van der Waals surface area contributed by atoms with E-state index in [1.54, 1.807) is 0 Å². The molecule has 0 aromatic carbocycles. The van der Waals surface area contributed by atoms with Crippen LogP contribution in [0.4, 0.5) is 0 Å². The number of carbonyl (C=O) groups excluding carboxylic acids is 3. The Morgan fingerprint density at radius 3 is 0.969 bits per heavy atom. The van der Waals surface area contributed by atoms with E-state index >= 15 is 0 Å². The van der Waals surface area contributed by atoms with E-state index in [0.29, 0.717) is 19.3 Å². The third-order valence-electron chi connectivity index (χ3n) is 11.1. The quantitative estimate of drug-likeness (QED) is 0.0262. The van der Waals surface area contributed by atoms with E-state index in [0.717, 1.165) is 122 Å². The van der Waals surface area contributed by atoms with Crippen molar-refractivity contribution in [2.45, 2.75) is 245 Å². The summed E-state index contributed by atoms with van der Waals surface area (Å²) >= 11 is 0. The highest BCUT2D eigenvalue weighted by Crippen LogP contribution is 2.15. The molecule has 6 heteroatoms. The number of unbranched alkanes of at least 4 members (excludes halogenated alkanes) is 20. The summed E-state index contributed by atoms with van der Waals surface area (Å²) in [6.07, 6.45) is 69.6. The van der Waals surface area contributed by atoms with Gasteiger partial charge >= 0.3 is 17.9 Å². The van der Waals surface area contributed by atoms with E-state index in [1.165, 1.54) is 77.0 Å². The van der Waals surface area contributed by atoms with Gasteiger partial charge in [-0.15, -0.1) is 0 Å². The van der Waals surface area contributed by atoms with Crippen LogP contribution in [0, 0.1) is 0 Å². The zero-order valence-electron chi connectivity index (χ0n) is 42.2. The first-order valence-electron chi connectivity index (χ1n) is 26.7. The molecular formula is C59H98O6. The minimum Gasteiger partial charge on any atom is -0.462 e. The average molecular weight is 903 g/mol. The van der Waals surface area contributed by atoms with E-state index in [-0.39, 0.29) is 31.1 Å². The molecule has 0 aliphatic rings. The molecule has 0 saturated heterocycles. The van der Waals surface area contributed by atoms with Gasteiger partial charge in [-0.1, -0.05) is 221 Å². The maximum absolute atomic E-state index is 12.8. The Kier molecular flexibility index (Phi) is 50.0. The van der Waals surface area contributed by atoms with Crippen LogP contribution >= 0.6 is 0 Å². The molecule has 0 heterocycles. The smallest absolute Gasteiger partial charge is 0.306 e. The fourth-order valence-corrected chi connectivity index (χ4v) is 7.13. The number of esters is 3. The third-order valence-corrected chi connectivity index (χ3v) is 11.1. The summed E-state index contributed by atoms with van der Waals surface area (Å²) in [7, 11) is 0. The van der Waals surface area contributed by atoms with Gasteiger partial charge in [0.05, 0.1) is 0 Å². The number of allylic oxidation sites excluding steroid dienone is 16. The lowest BCUT2D eigenvalue weighted by Crippen LogP contribution is -2.30. The minimum absolute atomic E-state index is 0.0999. The molecule has 0 rings (SSSR count). The van der Waals surface area contributed by atoms with Crippen LogP contribution in [-0.4, -0.2) is 37.2 Å². The topological polar surface area (TPSA) is 78.9 Å². The van der Waals surface area contributed by atoms with Crippen molar-refractivity contribution in [1.82, 2.24) is 0 Å². The molecule has 370 valence electrons. The Morgan fingerprint density at radius 2 is 0.600 bits per heavy atom. The van der Waals surface area contributed by atoms with Gasteiger partial charge in [0.1, 0.15) is 13.2 Å². The van der Waals surface area contributed by atoms with E-state index in [1.807, 2.05) is 0 Å². The maximum atomic E-state index is 12.8. The van der Waals surface area contributed by atoms with Gasteiger partial charge in [0.2, 0.25) is 0 Å². The van der Waals surface area contributed by atoms with E-state index < -0.39 is 6.10 Å². The van der Waals surface area contributed by atoms with Gasteiger partial charge < -0.3 is 14.2 Å². The highest BCUT2D eigenvalue weighted by Gasteiger charge is 2.19. The maximum Gasteiger partial charge on any atom is 0.306 e. The SMILES string of the molecule is CC/C=C\C/C=C\C/C=C\C/C=C\CCCCCCC(=O)O[C@H](COC(=O)CCCC/C=C\C/C=C\C/C=C\C/C=C\CC)COC(=O)CCCCCCCCCCCCCCCCC. The predicted molar refractivity (Wildman–Crippen MR) is 279 cm³/mol. The first-order chi connectivity index (χ1) is 32.0. The summed E-state index contributed by atoms with van der Waals surface area (Å²) in [5.74, 6) is -0.967. The summed E-state index contributed by atoms with van der Waals surface area (Å²) in [5.41, 5.74) is 0. The second-order valence-electron chi connectivity index (χ2n) is 17.4. The predicted octanol–water partition coefficient (Wildman–Crippen LogP) is 17.8. The van der Waals surface area contributed by atoms with Crippen molar-refractivity contribution in [2.24, 2.45) is 0 Å². The van der Waals surface area contributed by atoms with Crippen LogP contribution in [0.5, 0.6) is 0 Å². The lowest BCUT2D eigenvalue weighted by atomic mass is 10.0. The second kappa shape index (κ2) is 52.9. The largest absolute Gasteiger partial charge is 0.462 e. The van der Waals surface area contributed by atoms with Crippen molar-refractivity contribution in [3.63, 3.8) is 0 Å². The van der Waals surface area contributed by atoms with Gasteiger partial charge in [0.25, 0.3) is 0 Å². The van der Waals surface area contributed by atoms with Gasteiger partial charge in [-0.2, -0.15) is 0 Å². The molecule has 65 heavy (non-hydrogen) atoms. The van der Waals surface area contributed by atoms with Crippen LogP contribution in [0.15, 0.2) is 97.2 Å². The Morgan fingerprint density at radius 1 is 0.323 bits per heavy atom. The van der Waals surface area contributed by atoms with Crippen molar-refractivity contribution in [3.05, 3.63) is 97.2 Å². The van der Waals surface area contributed by atoms with Crippen molar-refractivity contribution in [2.75, 3.05) is 13.2 Å². The first kappa shape index (κ1) is 61.3. The van der Waals surface area contributed by atoms with Crippen LogP contribution in [0.3, 0.4) is 0 Å². The summed E-state index contributed by atoms with van der Waals surface area (Å²) in [4.78, 5) is 38.0. The lowest BCUT2D eigenvalue weighted by Gasteiger charge is -2.18. The molecule has 0 saturated carbocycles. The van der Waals surface area contributed by atoms with Crippen LogP contribution in [-0.2, 0) is 28.6 Å². The lowest BCUT2D eigenvalue weighted by molar-refractivity contribution is -0.167. The van der Waals surface area contributed by atoms with Crippen LogP contribution < -0.4 is 0 Å². The van der Waals surface area contributed by atoms with Gasteiger partial charge in [0, 0.05) is 19.3 Å². The number of carbonyl (C=O) groups is 3. The van der Waals surface area contributed by atoms with Gasteiger partial charge in [-0.3, -0.25) is 14.4 Å². The monoisotopic (exact) mass is 903 g/mol. The third kappa shape index (κ3) is 51.2. The average Bonchev–Trinajstić information content (AvgIpc) is 3.30. The number of hydrogen-bond donors (Lipinski definition) is 0. The zero-order valence-corrected chi connectivity index (χ0v) is 42.2. The molecule has 0 aliphatic heterocycles. The second-order valence-corrected chi connectivity index (χ2v) is 17.4. The zero-order chi connectivity index (χ0) is 47.2. The molecule has 0 aliphatic carbocycles. The number of rotatable bonds is 47. The Labute approximate surface area is 400 Å². The molecule has 0 fully saturated rings. The standard InChI is InChI=1S/C59H98O6/c1-4-7-10-13-16-19-22-25-28-29-32-35-38-41-44-47-50-53-59(62)65-56(54-63-57(60)51-48-45-42-39-36-33-30-26-23-20-17-14-11-8-5-2)55-64-58(61)52-49-46-43-40-37-34-31-27-24-21-18-15-12-9-6-3/h7-8,10-11,16-17,19-20,25-26,28,30,32,35-36,39,56H,4-6,9,12-15,18,21-24,27,29,31,33-34,37-38,40-55H2,1-3H3/b10-7-,11-8-,19-16-,20-17-,28-25-,30-26-,35-32-,39-36-/t56-/m1/s1. The number of hydrogen-bond acceptors (Lipinski definition) is 6. The van der Waals surface area contributed by atoms with Crippen LogP contribution in [0.1, 0.15) is 239 Å². The molecule has 0 aromatic heterocycles. The fourth-order valence-electron chi connectivity index (χ4n) is 7.13. The Balaban J connectivity index is 4.50. The summed E-state index contributed by atoms with van der Waals surface area (Å²) in [6.45, 7) is 6.36.